The van der Waals surface area contributed by atoms with Crippen LogP contribution in [0.4, 0.5) is 0 Å². The van der Waals surface area contributed by atoms with Gasteiger partial charge in [0.25, 0.3) is 0 Å². The van der Waals surface area contributed by atoms with Crippen LogP contribution < -0.4 is 5.32 Å². The summed E-state index contributed by atoms with van der Waals surface area (Å²) in [4.78, 5) is 12.7. The van der Waals surface area contributed by atoms with Crippen molar-refractivity contribution >= 4 is 54.6 Å². The molecule has 0 radical (unpaired) electrons. The van der Waals surface area contributed by atoms with Crippen LogP contribution >= 0.6 is 48.8 Å². The van der Waals surface area contributed by atoms with Crippen molar-refractivity contribution in [3.8, 4) is 0 Å². The molecule has 2 aliphatic carbocycles. The van der Waals surface area contributed by atoms with Gasteiger partial charge in [0.1, 0.15) is 0 Å². The van der Waals surface area contributed by atoms with Gasteiger partial charge in [-0.3, -0.25) is 4.79 Å². The molecule has 1 heterocycles. The fraction of sp³-hybridized carbons (Fsp3) is 0.933. The predicted molar refractivity (Wildman–Crippen MR) is 95.5 cm³/mol. The summed E-state index contributed by atoms with van der Waals surface area (Å²) < 4.78 is 0. The smallest absolute Gasteiger partial charge is 0.163 e. The molecule has 116 valence electrons. The van der Waals surface area contributed by atoms with Gasteiger partial charge in [-0.05, 0) is 25.7 Å². The number of alkyl halides is 2. The third kappa shape index (κ3) is 2.81. The van der Waals surface area contributed by atoms with Crippen LogP contribution in [0, 0.1) is 0 Å². The van der Waals surface area contributed by atoms with Crippen molar-refractivity contribution < 1.29 is 4.79 Å². The monoisotopic (exact) mass is 471 g/mol. The van der Waals surface area contributed by atoms with Gasteiger partial charge in [-0.25, -0.2) is 0 Å². The van der Waals surface area contributed by atoms with Crippen LogP contribution in [0.2, 0.25) is 0 Å². The van der Waals surface area contributed by atoms with Crippen LogP contribution in [0.5, 0.6) is 0 Å². The van der Waals surface area contributed by atoms with Gasteiger partial charge in [0.05, 0.1) is 9.65 Å². The van der Waals surface area contributed by atoms with Crippen molar-refractivity contribution in [3.05, 3.63) is 0 Å². The number of carbonyl (C=O) groups is 1. The predicted octanol–water partition coefficient (Wildman–Crippen LogP) is 4.67. The van der Waals surface area contributed by atoms with Gasteiger partial charge in [-0.15, -0.1) is 17.0 Å². The highest BCUT2D eigenvalue weighted by atomic mass is 79.9. The van der Waals surface area contributed by atoms with Crippen molar-refractivity contribution in [1.82, 2.24) is 5.32 Å². The van der Waals surface area contributed by atoms with Gasteiger partial charge in [-0.2, -0.15) is 0 Å². The van der Waals surface area contributed by atoms with E-state index in [4.69, 9.17) is 0 Å². The zero-order valence-electron chi connectivity index (χ0n) is 11.8. The lowest BCUT2D eigenvalue weighted by Crippen LogP contribution is -2.74. The quantitative estimate of drug-likeness (QED) is 0.518. The highest BCUT2D eigenvalue weighted by molar-refractivity contribution is 9.10. The number of hydrogen-bond donors (Lipinski definition) is 1. The van der Waals surface area contributed by atoms with E-state index < -0.39 is 0 Å². The minimum absolute atomic E-state index is 0. The van der Waals surface area contributed by atoms with E-state index in [0.29, 0.717) is 5.78 Å². The molecule has 3 fully saturated rings. The number of halogens is 3. The Hall–Kier alpha value is 1.07. The molecule has 2 atom stereocenters. The Morgan fingerprint density at radius 3 is 1.50 bits per heavy atom. The summed E-state index contributed by atoms with van der Waals surface area (Å²) >= 11 is 7.44. The van der Waals surface area contributed by atoms with Gasteiger partial charge < -0.3 is 5.32 Å². The third-order valence-corrected chi connectivity index (χ3v) is 8.11. The van der Waals surface area contributed by atoms with Crippen LogP contribution in [0.1, 0.15) is 64.2 Å². The third-order valence-electron chi connectivity index (χ3n) is 5.46. The molecule has 3 rings (SSSR count). The maximum Gasteiger partial charge on any atom is 0.163 e. The summed E-state index contributed by atoms with van der Waals surface area (Å²) in [6.45, 7) is 0. The first kappa shape index (κ1) is 17.4. The molecule has 0 aromatic rings. The lowest BCUT2D eigenvalue weighted by Gasteiger charge is -2.56. The van der Waals surface area contributed by atoms with Crippen LogP contribution in [-0.2, 0) is 4.79 Å². The van der Waals surface area contributed by atoms with E-state index in [0.717, 1.165) is 25.7 Å². The molecule has 5 heteroatoms. The highest BCUT2D eigenvalue weighted by Crippen LogP contribution is 2.47. The number of carbonyl (C=O) groups excluding carboxylic acids is 1. The highest BCUT2D eigenvalue weighted by Gasteiger charge is 2.57. The SMILES string of the molecule is Br.O=C1C(Br)C2(CCCCC2)NC2(CCCCC2)C1Br. The molecule has 0 aromatic carbocycles. The van der Waals surface area contributed by atoms with Gasteiger partial charge in [-0.1, -0.05) is 70.4 Å². The van der Waals surface area contributed by atoms with E-state index in [1.165, 1.54) is 38.5 Å². The first-order valence-corrected chi connectivity index (χ1v) is 9.54. The van der Waals surface area contributed by atoms with E-state index in [-0.39, 0.29) is 37.7 Å². The topological polar surface area (TPSA) is 29.1 Å². The molecule has 0 aromatic heterocycles. The first-order valence-electron chi connectivity index (χ1n) is 7.71. The average molecular weight is 474 g/mol. The van der Waals surface area contributed by atoms with Crippen LogP contribution in [0.3, 0.4) is 0 Å². The number of piperidine rings is 1. The molecule has 2 unspecified atom stereocenters. The molecular weight excluding hydrogens is 450 g/mol. The van der Waals surface area contributed by atoms with E-state index in [9.17, 15) is 4.79 Å². The number of nitrogens with one attached hydrogen (secondary N) is 1. The first-order chi connectivity index (χ1) is 9.10. The van der Waals surface area contributed by atoms with Crippen LogP contribution in [0.25, 0.3) is 0 Å². The van der Waals surface area contributed by atoms with E-state index in [1.807, 2.05) is 0 Å². The average Bonchev–Trinajstić information content (AvgIpc) is 2.45. The fourth-order valence-electron chi connectivity index (χ4n) is 4.42. The van der Waals surface area contributed by atoms with Crippen molar-refractivity contribution in [1.29, 1.82) is 0 Å². The summed E-state index contributed by atoms with van der Waals surface area (Å²) in [5.74, 6) is 0.377. The standard InChI is InChI=1S/C15H23Br2NO.BrH/c16-12-11(19)13(17)15(9-5-2-6-10-15)18-14(12)7-3-1-4-8-14;/h12-13,18H,1-10H2;1H. The van der Waals surface area contributed by atoms with Crippen molar-refractivity contribution in [2.75, 3.05) is 0 Å². The number of rotatable bonds is 0. The second-order valence-electron chi connectivity index (χ2n) is 6.69. The van der Waals surface area contributed by atoms with Crippen molar-refractivity contribution in [2.45, 2.75) is 84.9 Å². The van der Waals surface area contributed by atoms with Gasteiger partial charge in [0, 0.05) is 11.1 Å². The fourth-order valence-corrected chi connectivity index (χ4v) is 6.45. The van der Waals surface area contributed by atoms with Crippen LogP contribution in [0.15, 0.2) is 0 Å². The molecule has 2 spiro atoms. The Bertz CT molecular complexity index is 330. The Morgan fingerprint density at radius 1 is 0.800 bits per heavy atom. The summed E-state index contributed by atoms with van der Waals surface area (Å²) in [5, 5.41) is 4.00. The molecular formula is C15H24Br3NO. The van der Waals surface area contributed by atoms with Gasteiger partial charge in [0.2, 0.25) is 0 Å². The Kier molecular flexibility index (Phi) is 5.81. The minimum Gasteiger partial charge on any atom is -0.303 e. The molecule has 0 amide bonds. The largest absolute Gasteiger partial charge is 0.303 e. The summed E-state index contributed by atoms with van der Waals surface area (Å²) in [6, 6.07) is 0. The minimum atomic E-state index is -0.0165. The number of Topliss-reactive ketones (excluding diaryl/α,β-unsaturated/α-hetero) is 1. The summed E-state index contributed by atoms with van der Waals surface area (Å²) in [7, 11) is 0. The molecule has 20 heavy (non-hydrogen) atoms. The van der Waals surface area contributed by atoms with Crippen LogP contribution in [-0.4, -0.2) is 26.5 Å². The Morgan fingerprint density at radius 2 is 1.15 bits per heavy atom. The molecule has 1 saturated heterocycles. The maximum absolute atomic E-state index is 12.7. The van der Waals surface area contributed by atoms with Gasteiger partial charge >= 0.3 is 0 Å². The second kappa shape index (κ2) is 6.67. The zero-order valence-corrected chi connectivity index (χ0v) is 16.7. The molecule has 1 N–H and O–H groups in total. The van der Waals surface area contributed by atoms with E-state index in [1.54, 1.807) is 0 Å². The normalized spacial score (nSPS) is 35.8. The lowest BCUT2D eigenvalue weighted by molar-refractivity contribution is -0.124. The van der Waals surface area contributed by atoms with E-state index in [2.05, 4.69) is 37.2 Å². The van der Waals surface area contributed by atoms with Gasteiger partial charge in [0.15, 0.2) is 5.78 Å². The Labute approximate surface area is 149 Å². The Balaban J connectivity index is 0.00000147. The number of hydrogen-bond acceptors (Lipinski definition) is 2. The molecule has 1 aliphatic heterocycles. The van der Waals surface area contributed by atoms with Crippen molar-refractivity contribution in [2.24, 2.45) is 0 Å². The molecule has 2 nitrogen and oxygen atoms in total. The zero-order chi connectivity index (χ0) is 13.5. The maximum atomic E-state index is 12.7. The summed E-state index contributed by atoms with van der Waals surface area (Å²) in [6.07, 6.45) is 12.3. The molecule has 0 bridgehead atoms. The van der Waals surface area contributed by atoms with E-state index >= 15 is 0 Å². The molecule has 2 saturated carbocycles. The second-order valence-corrected chi connectivity index (χ2v) is 8.52. The number of ketones is 1. The summed E-state index contributed by atoms with van der Waals surface area (Å²) in [5.41, 5.74) is 0.0495. The lowest BCUT2D eigenvalue weighted by atomic mass is 9.67. The molecule has 3 aliphatic rings. The van der Waals surface area contributed by atoms with Crippen molar-refractivity contribution in [3.63, 3.8) is 0 Å².